The van der Waals surface area contributed by atoms with Crippen molar-refractivity contribution in [3.05, 3.63) is 47.4 Å². The molecule has 2 bridgehead atoms. The maximum atomic E-state index is 17.2. The van der Waals surface area contributed by atoms with Crippen LogP contribution in [0.4, 0.5) is 15.0 Å². The molecule has 4 unspecified atom stereocenters. The molecular weight excluding hydrogens is 677 g/mol. The van der Waals surface area contributed by atoms with E-state index >= 15 is 4.39 Å². The largest absolute Gasteiger partial charge is 0.508 e. The van der Waals surface area contributed by atoms with Gasteiger partial charge in [0.15, 0.2) is 5.82 Å². The third-order valence-electron chi connectivity index (χ3n) is 12.8. The molecule has 2 N–H and O–H groups in total. The maximum absolute atomic E-state index is 17.2. The average molecular weight is 724 g/mol. The average Bonchev–Trinajstić information content (AvgIpc) is 3.97. The Morgan fingerprint density at radius 2 is 1.89 bits per heavy atom. The number of amides is 1. The first-order valence-electron chi connectivity index (χ1n) is 19.5. The molecule has 0 spiro atoms. The number of hydrogen-bond acceptors (Lipinski definition) is 11. The Morgan fingerprint density at radius 1 is 1.04 bits per heavy atom. The lowest BCUT2D eigenvalue weighted by Gasteiger charge is -2.35. The van der Waals surface area contributed by atoms with Gasteiger partial charge in [-0.2, -0.15) is 9.97 Å². The molecule has 53 heavy (non-hydrogen) atoms. The monoisotopic (exact) mass is 723 g/mol. The second-order valence-corrected chi connectivity index (χ2v) is 15.9. The van der Waals surface area contributed by atoms with E-state index in [1.165, 1.54) is 11.1 Å². The fraction of sp³-hybridized carbons (Fsp3) is 0.550. The standard InChI is InChI=1S/C40H46FN7O5/c41-34-35(31-18-29(49)17-25-6-5-24-3-1-4-30(24)33(25)31)42-19-32-36(34)44-38(45-37(32)47-20-26-7-8-27(21-47)43-26)53-23-40-10-2-12-48(40)28(9-11-40)22-52-39(50)46-13-15-51-16-14-46/h5-6,17-19,26-28,43,49H,1-4,7-16,20-23H2. The zero-order valence-corrected chi connectivity index (χ0v) is 30.0. The lowest BCUT2D eigenvalue weighted by atomic mass is 9.94. The van der Waals surface area contributed by atoms with Crippen molar-refractivity contribution in [1.82, 2.24) is 30.1 Å². The van der Waals surface area contributed by atoms with Gasteiger partial charge in [-0.3, -0.25) is 9.88 Å². The third kappa shape index (κ3) is 5.82. The van der Waals surface area contributed by atoms with Crippen molar-refractivity contribution in [2.24, 2.45) is 0 Å². The second-order valence-electron chi connectivity index (χ2n) is 15.9. The number of nitrogens with one attached hydrogen (secondary N) is 1. The Balaban J connectivity index is 0.982. The summed E-state index contributed by atoms with van der Waals surface area (Å²) in [6.07, 6.45) is 10.4. The summed E-state index contributed by atoms with van der Waals surface area (Å²) < 4.78 is 34.9. The fourth-order valence-electron chi connectivity index (χ4n) is 10.2. The Bertz CT molecular complexity index is 2080. The molecule has 6 aliphatic rings. The van der Waals surface area contributed by atoms with E-state index in [4.69, 9.17) is 29.2 Å². The number of halogens is 1. The predicted molar refractivity (Wildman–Crippen MR) is 197 cm³/mol. The summed E-state index contributed by atoms with van der Waals surface area (Å²) in [5.41, 5.74) is 3.15. The number of anilines is 1. The van der Waals surface area contributed by atoms with E-state index in [0.29, 0.717) is 68.4 Å². The van der Waals surface area contributed by atoms with Crippen LogP contribution in [0.5, 0.6) is 11.8 Å². The van der Waals surface area contributed by atoms with E-state index in [9.17, 15) is 9.90 Å². The number of benzene rings is 2. The van der Waals surface area contributed by atoms with Crippen molar-refractivity contribution >= 4 is 33.6 Å². The SMILES string of the molecule is O=C(OCC1CCC2(COc3nc(N4CC5CCC(C4)N5)c4cnc(-c5cc(O)cc6ccc7c(c56)CCC7)c(F)c4n3)CCCN12)N1CCOCC1. The molecule has 12 nitrogen and oxygen atoms in total. The molecule has 1 aliphatic carbocycles. The minimum absolute atomic E-state index is 0.0709. The number of aromatic nitrogens is 3. The number of ether oxygens (including phenoxy) is 3. The van der Waals surface area contributed by atoms with E-state index in [1.54, 1.807) is 23.2 Å². The van der Waals surface area contributed by atoms with Crippen molar-refractivity contribution in [3.8, 4) is 23.0 Å². The molecule has 2 aromatic heterocycles. The van der Waals surface area contributed by atoms with Crippen LogP contribution >= 0.6 is 0 Å². The zero-order valence-electron chi connectivity index (χ0n) is 30.0. The van der Waals surface area contributed by atoms with Gasteiger partial charge in [-0.15, -0.1) is 0 Å². The number of piperazine rings is 1. The van der Waals surface area contributed by atoms with Gasteiger partial charge in [0.1, 0.15) is 36.0 Å². The van der Waals surface area contributed by atoms with Gasteiger partial charge in [0.2, 0.25) is 0 Å². The molecule has 4 aromatic rings. The molecular formula is C40H46FN7O5. The predicted octanol–water partition coefficient (Wildman–Crippen LogP) is 4.96. The number of carbonyl (C=O) groups excluding carboxylic acids is 1. The van der Waals surface area contributed by atoms with Gasteiger partial charge in [-0.05, 0) is 98.4 Å². The molecule has 13 heteroatoms. The first-order chi connectivity index (χ1) is 25.9. The molecule has 5 fully saturated rings. The minimum Gasteiger partial charge on any atom is -0.508 e. The van der Waals surface area contributed by atoms with Gasteiger partial charge >= 0.3 is 12.1 Å². The van der Waals surface area contributed by atoms with Crippen molar-refractivity contribution in [2.45, 2.75) is 81.5 Å². The van der Waals surface area contributed by atoms with Crippen molar-refractivity contribution in [2.75, 3.05) is 64.1 Å². The molecule has 10 rings (SSSR count). The van der Waals surface area contributed by atoms with Crippen molar-refractivity contribution in [1.29, 1.82) is 0 Å². The normalized spacial score (nSPS) is 26.8. The molecule has 4 atom stereocenters. The smallest absolute Gasteiger partial charge is 0.409 e. The number of nitrogens with zero attached hydrogens (tertiary/aromatic N) is 6. The van der Waals surface area contributed by atoms with Gasteiger partial charge in [-0.1, -0.05) is 12.1 Å². The summed E-state index contributed by atoms with van der Waals surface area (Å²) in [4.78, 5) is 33.7. The molecule has 5 aliphatic heterocycles. The Kier molecular flexibility index (Phi) is 8.29. The number of aromatic hydroxyl groups is 1. The van der Waals surface area contributed by atoms with Crippen LogP contribution in [-0.2, 0) is 22.3 Å². The van der Waals surface area contributed by atoms with Crippen LogP contribution in [0.3, 0.4) is 0 Å². The van der Waals surface area contributed by atoms with Crippen LogP contribution in [0.2, 0.25) is 0 Å². The molecule has 0 saturated carbocycles. The number of phenolic OH excluding ortho intramolecular Hbond substituents is 1. The van der Waals surface area contributed by atoms with E-state index in [2.05, 4.69) is 21.2 Å². The third-order valence-corrected chi connectivity index (χ3v) is 12.8. The summed E-state index contributed by atoms with van der Waals surface area (Å²) in [5.74, 6) is 0.171. The highest BCUT2D eigenvalue weighted by Gasteiger charge is 2.50. The van der Waals surface area contributed by atoms with Crippen molar-refractivity contribution in [3.63, 3.8) is 0 Å². The number of aryl methyl sites for hydroxylation is 2. The summed E-state index contributed by atoms with van der Waals surface area (Å²) in [5, 5.41) is 16.8. The molecule has 278 valence electrons. The molecule has 2 aromatic carbocycles. The van der Waals surface area contributed by atoms with Crippen LogP contribution in [0.1, 0.15) is 56.1 Å². The van der Waals surface area contributed by atoms with Gasteiger partial charge < -0.3 is 34.4 Å². The van der Waals surface area contributed by atoms with Gasteiger partial charge in [0.25, 0.3) is 0 Å². The Morgan fingerprint density at radius 3 is 2.74 bits per heavy atom. The van der Waals surface area contributed by atoms with Crippen LogP contribution in [0.15, 0.2) is 30.5 Å². The topological polar surface area (TPSA) is 125 Å². The summed E-state index contributed by atoms with van der Waals surface area (Å²) >= 11 is 0. The van der Waals surface area contributed by atoms with Crippen LogP contribution in [-0.4, -0.2) is 119 Å². The van der Waals surface area contributed by atoms with Gasteiger partial charge in [0.05, 0.1) is 24.1 Å². The molecule has 1 amide bonds. The van der Waals surface area contributed by atoms with Crippen LogP contribution < -0.4 is 15.0 Å². The quantitative estimate of drug-likeness (QED) is 0.269. The molecule has 5 saturated heterocycles. The molecule has 7 heterocycles. The minimum atomic E-state index is -0.541. The number of rotatable bonds is 7. The lowest BCUT2D eigenvalue weighted by Crippen LogP contribution is -2.51. The van der Waals surface area contributed by atoms with Gasteiger partial charge in [0, 0.05) is 56.1 Å². The van der Waals surface area contributed by atoms with E-state index in [0.717, 1.165) is 88.2 Å². The molecule has 0 radical (unpaired) electrons. The number of carbonyl (C=O) groups is 1. The highest BCUT2D eigenvalue weighted by molar-refractivity contribution is 6.02. The Labute approximate surface area is 307 Å². The first-order valence-corrected chi connectivity index (χ1v) is 19.5. The first kappa shape index (κ1) is 33.3. The lowest BCUT2D eigenvalue weighted by molar-refractivity contribution is 0.0138. The van der Waals surface area contributed by atoms with Gasteiger partial charge in [-0.25, -0.2) is 9.18 Å². The Hall–Kier alpha value is -4.33. The van der Waals surface area contributed by atoms with E-state index in [-0.39, 0.29) is 40.6 Å². The summed E-state index contributed by atoms with van der Waals surface area (Å²) in [6.45, 7) is 5.31. The highest BCUT2D eigenvalue weighted by Crippen LogP contribution is 2.44. The number of pyridine rings is 1. The van der Waals surface area contributed by atoms with E-state index < -0.39 is 5.82 Å². The van der Waals surface area contributed by atoms with E-state index in [1.807, 2.05) is 6.07 Å². The number of morpholine rings is 1. The highest BCUT2D eigenvalue weighted by atomic mass is 19.1. The van der Waals surface area contributed by atoms with Crippen LogP contribution in [0, 0.1) is 5.82 Å². The fourth-order valence-corrected chi connectivity index (χ4v) is 10.2. The summed E-state index contributed by atoms with van der Waals surface area (Å²) in [7, 11) is 0. The second kappa shape index (κ2) is 13.2. The number of phenols is 1. The number of fused-ring (bicyclic) bond motifs is 7. The van der Waals surface area contributed by atoms with Crippen LogP contribution in [0.25, 0.3) is 32.9 Å². The zero-order chi connectivity index (χ0) is 35.7. The summed E-state index contributed by atoms with van der Waals surface area (Å²) in [6, 6.07) is 8.47. The van der Waals surface area contributed by atoms with Crippen molar-refractivity contribution < 1.29 is 28.5 Å². The maximum Gasteiger partial charge on any atom is 0.409 e. The number of hydrogen-bond donors (Lipinski definition) is 2.